The minimum absolute atomic E-state index is 0. The van der Waals surface area contributed by atoms with Crippen molar-refractivity contribution in [1.29, 1.82) is 0 Å². The molecule has 0 radical (unpaired) electrons. The molecule has 13 rings (SSSR count). The summed E-state index contributed by atoms with van der Waals surface area (Å²) >= 11 is 0. The maximum absolute atomic E-state index is 15.3. The molecule has 5 aromatic rings. The van der Waals surface area contributed by atoms with Crippen LogP contribution in [0.2, 0.25) is 0 Å². The summed E-state index contributed by atoms with van der Waals surface area (Å²) in [4.78, 5) is 5.61. The number of hydrogen-bond acceptors (Lipinski definition) is 4. The van der Waals surface area contributed by atoms with E-state index in [1.54, 1.807) is 7.11 Å². The summed E-state index contributed by atoms with van der Waals surface area (Å²) < 4.78 is 6.16. The Morgan fingerprint density at radius 3 is 1.10 bits per heavy atom. The van der Waals surface area contributed by atoms with Gasteiger partial charge in [-0.2, -0.15) is 0 Å². The van der Waals surface area contributed by atoms with Crippen LogP contribution in [-0.2, 0) is 47.5 Å². The van der Waals surface area contributed by atoms with Crippen LogP contribution in [0, 0.1) is 64.2 Å². The summed E-state index contributed by atoms with van der Waals surface area (Å²) in [6.45, 7) is 17.8. The summed E-state index contributed by atoms with van der Waals surface area (Å²) in [6, 6.07) is 26.2. The molecular formula is C62H75HfNO3. The molecule has 0 unspecified atom stereocenters. The van der Waals surface area contributed by atoms with Crippen molar-refractivity contribution < 1.29 is 40.8 Å². The van der Waals surface area contributed by atoms with E-state index in [2.05, 4.69) is 116 Å². The first-order valence-electron chi connectivity index (χ1n) is 24.9. The molecule has 8 aliphatic carbocycles. The van der Waals surface area contributed by atoms with Crippen LogP contribution in [0.1, 0.15) is 152 Å². The number of aromatic nitrogens is 1. The largest absolute Gasteiger partial charge is 4.00 e. The molecule has 350 valence electrons. The van der Waals surface area contributed by atoms with E-state index in [9.17, 15) is 0 Å². The second kappa shape index (κ2) is 17.6. The van der Waals surface area contributed by atoms with Crippen molar-refractivity contribution in [2.24, 2.45) is 35.5 Å². The molecule has 67 heavy (non-hydrogen) atoms. The van der Waals surface area contributed by atoms with Gasteiger partial charge in [-0.1, -0.05) is 113 Å². The molecule has 8 aliphatic rings. The van der Waals surface area contributed by atoms with Gasteiger partial charge in [0.1, 0.15) is 5.75 Å². The monoisotopic (exact) mass is 1060 g/mol. The third-order valence-corrected chi connectivity index (χ3v) is 17.6. The number of hydrogen-bond donors (Lipinski definition) is 0. The fraction of sp³-hybridized carbons (Fsp3) is 0.500. The Kier molecular flexibility index (Phi) is 13.1. The van der Waals surface area contributed by atoms with Crippen molar-refractivity contribution in [3.8, 4) is 62.0 Å². The van der Waals surface area contributed by atoms with Crippen molar-refractivity contribution in [2.45, 2.75) is 154 Å². The van der Waals surface area contributed by atoms with Gasteiger partial charge >= 0.3 is 25.8 Å². The molecule has 0 aliphatic heterocycles. The normalized spacial score (nSPS) is 27.8. The van der Waals surface area contributed by atoms with Gasteiger partial charge in [0.25, 0.3) is 0 Å². The van der Waals surface area contributed by atoms with E-state index in [0.29, 0.717) is 5.75 Å². The number of nitrogens with zero attached hydrogens (tertiary/aromatic N) is 1. The first kappa shape index (κ1) is 49.7. The summed E-state index contributed by atoms with van der Waals surface area (Å²) in [5.41, 5.74) is 13.2. The molecule has 0 N–H and O–H groups in total. The molecule has 4 aromatic carbocycles. The Labute approximate surface area is 423 Å². The van der Waals surface area contributed by atoms with Crippen molar-refractivity contribution >= 4 is 0 Å². The molecule has 0 spiro atoms. The van der Waals surface area contributed by atoms with Crippen LogP contribution in [0.25, 0.3) is 44.8 Å². The molecule has 8 saturated carbocycles. The molecule has 4 nitrogen and oxygen atoms in total. The van der Waals surface area contributed by atoms with Crippen LogP contribution in [0.3, 0.4) is 0 Å². The van der Waals surface area contributed by atoms with Gasteiger partial charge in [0.05, 0.1) is 18.5 Å². The number of aryl methyl sites for hydroxylation is 2. The molecule has 0 saturated heterocycles. The van der Waals surface area contributed by atoms with E-state index in [-0.39, 0.29) is 73.9 Å². The minimum Gasteiger partial charge on any atom is -0.872 e. The van der Waals surface area contributed by atoms with Crippen molar-refractivity contribution in [1.82, 2.24) is 4.98 Å². The third kappa shape index (κ3) is 8.60. The molecule has 5 heteroatoms. The van der Waals surface area contributed by atoms with Gasteiger partial charge in [-0.25, -0.2) is 4.98 Å². The molecule has 1 heterocycles. The SMILES string of the molecule is COc1cc(-c2cc(C(C)(C)C)ccc2-c2cc(C)cc(C34CC5CC(CC(C5)C3)C4)c2[O-])nc(-c2cc(C(C)(C)C)ccc2-c2cc(C)cc(C34CC5CC(CC(C5)C3)C4)c2[O-])c1.[CH3-].[CH3-].[Hf+4]. The molecule has 0 atom stereocenters. The zero-order chi connectivity index (χ0) is 44.7. The van der Waals surface area contributed by atoms with Crippen LogP contribution < -0.4 is 14.9 Å². The number of rotatable bonds is 7. The first-order valence-corrected chi connectivity index (χ1v) is 24.9. The van der Waals surface area contributed by atoms with Crippen molar-refractivity contribution in [3.63, 3.8) is 0 Å². The number of benzene rings is 4. The van der Waals surface area contributed by atoms with Gasteiger partial charge in [0.15, 0.2) is 0 Å². The zero-order valence-corrected chi connectivity index (χ0v) is 46.1. The average Bonchev–Trinajstić information content (AvgIpc) is 3.23. The fourth-order valence-electron chi connectivity index (χ4n) is 15.4. The standard InChI is InChI=1S/C60H71NO3.2CH3.Hf/c1-34-14-49(55(62)51(16-34)59-28-36-18-37(29-59)20-38(19-36)30-59)45-12-10-42(57(3,4)5)24-47(45)53-26-44(64-9)27-54(61-53)48-25-43(58(6,7)8)11-13-46(48)50-15-35(2)17-52(56(50)63)60-31-39-21-40(32-60)23-41(22-39)33-60;;;/h10-17,24-27,36-41,62-63H,18-23,28-33H2,1-9H3;2*1H3;/q;2*-1;+4/p-2. The second-order valence-corrected chi connectivity index (χ2v) is 24.6. The Balaban J connectivity index is 0.00000203. The molecular weight excluding hydrogens is 985 g/mol. The molecule has 8 fully saturated rings. The van der Waals surface area contributed by atoms with Crippen molar-refractivity contribution in [2.75, 3.05) is 7.11 Å². The summed E-state index contributed by atoms with van der Waals surface area (Å²) in [6.07, 6.45) is 15.0. The Hall–Kier alpha value is -3.70. The van der Waals surface area contributed by atoms with Gasteiger partial charge in [-0.3, -0.25) is 0 Å². The second-order valence-electron chi connectivity index (χ2n) is 24.6. The van der Waals surface area contributed by atoms with Crippen LogP contribution in [0.4, 0.5) is 0 Å². The first-order chi connectivity index (χ1) is 30.4. The van der Waals surface area contributed by atoms with Crippen molar-refractivity contribution in [3.05, 3.63) is 121 Å². The molecule has 8 bridgehead atoms. The zero-order valence-electron chi connectivity index (χ0n) is 42.5. The summed E-state index contributed by atoms with van der Waals surface area (Å²) in [5.74, 6) is 5.57. The minimum atomic E-state index is -0.134. The quantitative estimate of drug-likeness (QED) is 0.120. The van der Waals surface area contributed by atoms with Crippen LogP contribution in [-0.4, -0.2) is 12.1 Å². The van der Waals surface area contributed by atoms with E-state index >= 15 is 10.2 Å². The number of methoxy groups -OCH3 is 1. The van der Waals surface area contributed by atoms with E-state index < -0.39 is 0 Å². The fourth-order valence-corrected chi connectivity index (χ4v) is 15.4. The van der Waals surface area contributed by atoms with E-state index in [1.807, 2.05) is 12.1 Å². The average molecular weight is 1060 g/mol. The van der Waals surface area contributed by atoms with Gasteiger partial charge in [-0.05, 0) is 205 Å². The molecule has 0 amide bonds. The van der Waals surface area contributed by atoms with E-state index in [0.717, 1.165) is 141 Å². The predicted octanol–water partition coefficient (Wildman–Crippen LogP) is 15.0. The Morgan fingerprint density at radius 2 is 0.806 bits per heavy atom. The maximum Gasteiger partial charge on any atom is 4.00 e. The number of ether oxygens (including phenoxy) is 1. The smallest absolute Gasteiger partial charge is 0.872 e. The predicted molar refractivity (Wildman–Crippen MR) is 271 cm³/mol. The topological polar surface area (TPSA) is 68.2 Å². The molecule has 1 aromatic heterocycles. The van der Waals surface area contributed by atoms with Gasteiger partial charge < -0.3 is 29.8 Å². The van der Waals surface area contributed by atoms with Crippen LogP contribution >= 0.6 is 0 Å². The summed E-state index contributed by atoms with van der Waals surface area (Å²) in [7, 11) is 1.73. The van der Waals surface area contributed by atoms with Crippen LogP contribution in [0.15, 0.2) is 72.8 Å². The van der Waals surface area contributed by atoms with Crippen LogP contribution in [0.5, 0.6) is 17.2 Å². The van der Waals surface area contributed by atoms with Gasteiger partial charge in [-0.15, -0.1) is 0 Å². The Morgan fingerprint density at radius 1 is 0.478 bits per heavy atom. The Bertz CT molecular complexity index is 2440. The maximum atomic E-state index is 15.3. The third-order valence-electron chi connectivity index (χ3n) is 17.6. The van der Waals surface area contributed by atoms with Gasteiger partial charge in [0.2, 0.25) is 0 Å². The summed E-state index contributed by atoms with van der Waals surface area (Å²) in [5, 5.41) is 30.5. The van der Waals surface area contributed by atoms with E-state index in [4.69, 9.17) is 9.72 Å². The van der Waals surface area contributed by atoms with E-state index in [1.165, 1.54) is 49.7 Å². The van der Waals surface area contributed by atoms with Gasteiger partial charge in [0, 0.05) is 23.3 Å². The number of pyridine rings is 1.